The molecule has 11 aromatic carbocycles. The van der Waals surface area contributed by atoms with Crippen molar-refractivity contribution in [2.45, 2.75) is 0 Å². The number of benzene rings is 11. The molecule has 0 aliphatic carbocycles. The molecule has 0 amide bonds. The Kier molecular flexibility index (Phi) is 11.2. The second-order valence-corrected chi connectivity index (χ2v) is 18.4. The molecule has 0 aliphatic heterocycles. The Balaban J connectivity index is 1.10. The highest BCUT2D eigenvalue weighted by molar-refractivity contribution is 6.13. The zero-order valence-electron chi connectivity index (χ0n) is 39.8. The summed E-state index contributed by atoms with van der Waals surface area (Å²) < 4.78 is 2.48. The number of hydrogen-bond acceptors (Lipinski definition) is 3. The van der Waals surface area contributed by atoms with E-state index in [0.717, 1.165) is 77.9 Å². The van der Waals surface area contributed by atoms with Gasteiger partial charge in [-0.05, 0) is 110 Å². The fourth-order valence-electron chi connectivity index (χ4n) is 10.3. The maximum atomic E-state index is 5.48. The maximum absolute atomic E-state index is 5.48. The molecule has 0 atom stereocenters. The Morgan fingerprint density at radius 3 is 0.863 bits per heavy atom. The van der Waals surface area contributed by atoms with Gasteiger partial charge in [-0.15, -0.1) is 0 Å². The lowest BCUT2D eigenvalue weighted by molar-refractivity contribution is 1.07. The second-order valence-electron chi connectivity index (χ2n) is 18.4. The monoisotopic (exact) mass is 930 g/mol. The molecule has 0 unspecified atom stereocenters. The van der Waals surface area contributed by atoms with E-state index in [0.29, 0.717) is 17.5 Å². The molecule has 2 heterocycles. The minimum absolute atomic E-state index is 0.582. The summed E-state index contributed by atoms with van der Waals surface area (Å²) in [6.45, 7) is 0. The molecular formula is C69H46N4. The van der Waals surface area contributed by atoms with Crippen LogP contribution in [0.3, 0.4) is 0 Å². The summed E-state index contributed by atoms with van der Waals surface area (Å²) in [6, 6.07) is 99.2. The van der Waals surface area contributed by atoms with Crippen molar-refractivity contribution in [3.05, 3.63) is 279 Å². The van der Waals surface area contributed by atoms with Gasteiger partial charge in [0, 0.05) is 38.6 Å². The molecule has 4 heteroatoms. The van der Waals surface area contributed by atoms with Gasteiger partial charge in [0.15, 0.2) is 17.5 Å². The highest BCUT2D eigenvalue weighted by Crippen LogP contribution is 2.45. The van der Waals surface area contributed by atoms with E-state index in [9.17, 15) is 0 Å². The molecule has 342 valence electrons. The normalized spacial score (nSPS) is 11.3. The van der Waals surface area contributed by atoms with Crippen LogP contribution in [0, 0.1) is 0 Å². The first-order valence-electron chi connectivity index (χ1n) is 24.8. The summed E-state index contributed by atoms with van der Waals surface area (Å²) in [6.07, 6.45) is 0. The van der Waals surface area contributed by atoms with Gasteiger partial charge in [0.05, 0.1) is 16.7 Å². The number of aromatic nitrogens is 4. The third kappa shape index (κ3) is 8.37. The van der Waals surface area contributed by atoms with Crippen LogP contribution in [0.2, 0.25) is 0 Å². The van der Waals surface area contributed by atoms with Gasteiger partial charge in [-0.3, -0.25) is 0 Å². The molecule has 13 aromatic rings. The van der Waals surface area contributed by atoms with Gasteiger partial charge < -0.3 is 4.57 Å². The Bertz CT molecular complexity index is 3870. The van der Waals surface area contributed by atoms with Crippen LogP contribution in [0.4, 0.5) is 0 Å². The second kappa shape index (κ2) is 18.9. The van der Waals surface area contributed by atoms with Crippen molar-refractivity contribution in [1.82, 2.24) is 19.5 Å². The van der Waals surface area contributed by atoms with Gasteiger partial charge in [0.1, 0.15) is 0 Å². The van der Waals surface area contributed by atoms with Gasteiger partial charge in [-0.1, -0.05) is 224 Å². The minimum Gasteiger partial charge on any atom is -0.308 e. The van der Waals surface area contributed by atoms with Crippen LogP contribution in [0.1, 0.15) is 0 Å². The molecule has 73 heavy (non-hydrogen) atoms. The van der Waals surface area contributed by atoms with Crippen molar-refractivity contribution >= 4 is 21.8 Å². The number of nitrogens with zero attached hydrogens (tertiary/aromatic N) is 4. The van der Waals surface area contributed by atoms with Gasteiger partial charge in [-0.2, -0.15) is 0 Å². The molecular weight excluding hydrogens is 885 g/mol. The summed E-state index contributed by atoms with van der Waals surface area (Å²) in [5.41, 5.74) is 19.4. The van der Waals surface area contributed by atoms with Crippen LogP contribution >= 0.6 is 0 Å². The van der Waals surface area contributed by atoms with E-state index in [2.05, 4.69) is 265 Å². The molecule has 0 fully saturated rings. The first kappa shape index (κ1) is 43.3. The van der Waals surface area contributed by atoms with E-state index in [1.54, 1.807) is 0 Å². The zero-order chi connectivity index (χ0) is 48.5. The predicted octanol–water partition coefficient (Wildman–Crippen LogP) is 18.0. The summed E-state index contributed by atoms with van der Waals surface area (Å²) in [5, 5.41) is 2.36. The average molecular weight is 931 g/mol. The van der Waals surface area contributed by atoms with Gasteiger partial charge in [0.2, 0.25) is 0 Å². The lowest BCUT2D eigenvalue weighted by Gasteiger charge is -2.21. The third-order valence-corrected chi connectivity index (χ3v) is 13.8. The van der Waals surface area contributed by atoms with Crippen molar-refractivity contribution < 1.29 is 0 Å². The maximum Gasteiger partial charge on any atom is 0.164 e. The lowest BCUT2D eigenvalue weighted by atomic mass is 9.92. The van der Waals surface area contributed by atoms with E-state index >= 15 is 0 Å². The summed E-state index contributed by atoms with van der Waals surface area (Å²) in [4.78, 5) is 16.1. The number of rotatable bonds is 10. The molecule has 0 spiro atoms. The van der Waals surface area contributed by atoms with E-state index in [-0.39, 0.29) is 0 Å². The molecule has 0 bridgehead atoms. The Hall–Kier alpha value is -9.77. The molecule has 2 aromatic heterocycles. The average Bonchev–Trinajstić information content (AvgIpc) is 3.80. The quantitative estimate of drug-likeness (QED) is 0.137. The van der Waals surface area contributed by atoms with Crippen molar-refractivity contribution in [2.24, 2.45) is 0 Å². The SMILES string of the molecule is c1ccc(-c2cc(-c3ccccc3)cc(-c3nc(-c4ccccc4)nc(-c4cc(-c5ccccc5)c(-n5c6ccc(-c7ccccc7)cc6c6cc(-c7ccccc7)ccc65)c(-c5ccccc5)c4)n3)c2)cc1. The number of fused-ring (bicyclic) bond motifs is 3. The van der Waals surface area contributed by atoms with E-state index in [1.165, 1.54) is 33.0 Å². The minimum atomic E-state index is 0.582. The predicted molar refractivity (Wildman–Crippen MR) is 303 cm³/mol. The Labute approximate surface area is 424 Å². The summed E-state index contributed by atoms with van der Waals surface area (Å²) >= 11 is 0. The first-order valence-corrected chi connectivity index (χ1v) is 24.8. The molecule has 0 radical (unpaired) electrons. The van der Waals surface area contributed by atoms with Crippen LogP contribution in [0.15, 0.2) is 279 Å². The third-order valence-electron chi connectivity index (χ3n) is 13.8. The largest absolute Gasteiger partial charge is 0.308 e. The van der Waals surface area contributed by atoms with Gasteiger partial charge >= 0.3 is 0 Å². The smallest absolute Gasteiger partial charge is 0.164 e. The first-order chi connectivity index (χ1) is 36.2. The number of hydrogen-bond donors (Lipinski definition) is 0. The highest BCUT2D eigenvalue weighted by Gasteiger charge is 2.24. The van der Waals surface area contributed by atoms with Crippen molar-refractivity contribution in [2.75, 3.05) is 0 Å². The van der Waals surface area contributed by atoms with Crippen molar-refractivity contribution in [3.8, 4) is 107 Å². The molecule has 0 aliphatic rings. The van der Waals surface area contributed by atoms with Crippen LogP contribution in [0.5, 0.6) is 0 Å². The summed E-state index contributed by atoms with van der Waals surface area (Å²) in [5.74, 6) is 1.78. The van der Waals surface area contributed by atoms with E-state index in [4.69, 9.17) is 15.0 Å². The Morgan fingerprint density at radius 1 is 0.205 bits per heavy atom. The van der Waals surface area contributed by atoms with E-state index in [1.807, 2.05) is 18.2 Å². The van der Waals surface area contributed by atoms with Gasteiger partial charge in [-0.25, -0.2) is 15.0 Å². The highest BCUT2D eigenvalue weighted by atomic mass is 15.0. The standard InChI is InChI=1S/C69H46N4/c1-8-22-47(23-9-1)54-36-38-64-62(43-54)63-44-55(48-24-10-2-11-25-48)37-39-65(63)73(64)66-60(51-30-16-5-17-31-51)45-59(46-61(66)52-32-18-6-19-33-52)69-71-67(53-34-20-7-21-35-53)70-68(72-69)58-41-56(49-26-12-3-13-27-49)40-57(42-58)50-28-14-4-15-29-50/h1-46H. The van der Waals surface area contributed by atoms with Crippen LogP contribution < -0.4 is 0 Å². The molecule has 0 saturated heterocycles. The van der Waals surface area contributed by atoms with E-state index < -0.39 is 0 Å². The Morgan fingerprint density at radius 2 is 0.493 bits per heavy atom. The molecule has 13 rings (SSSR count). The summed E-state index contributed by atoms with van der Waals surface area (Å²) in [7, 11) is 0. The van der Waals surface area contributed by atoms with Crippen LogP contribution in [-0.2, 0) is 0 Å². The fraction of sp³-hybridized carbons (Fsp3) is 0. The van der Waals surface area contributed by atoms with Crippen molar-refractivity contribution in [3.63, 3.8) is 0 Å². The van der Waals surface area contributed by atoms with Crippen LogP contribution in [0.25, 0.3) is 128 Å². The van der Waals surface area contributed by atoms with Gasteiger partial charge in [0.25, 0.3) is 0 Å². The van der Waals surface area contributed by atoms with Crippen molar-refractivity contribution in [1.29, 1.82) is 0 Å². The molecule has 4 nitrogen and oxygen atoms in total. The lowest BCUT2D eigenvalue weighted by Crippen LogP contribution is -2.04. The fourth-order valence-corrected chi connectivity index (χ4v) is 10.3. The van der Waals surface area contributed by atoms with Crippen LogP contribution in [-0.4, -0.2) is 19.5 Å². The molecule has 0 N–H and O–H groups in total. The topological polar surface area (TPSA) is 43.6 Å². The molecule has 0 saturated carbocycles. The zero-order valence-corrected chi connectivity index (χ0v) is 39.8.